The number of rotatable bonds is 17. The summed E-state index contributed by atoms with van der Waals surface area (Å²) in [5, 5.41) is 5.67. The fraction of sp³-hybridized carbons (Fsp3) is 0.351. The van der Waals surface area contributed by atoms with Gasteiger partial charge in [-0.05, 0) is 41.0 Å². The SMILES string of the molecule is CC[C@H](C)[C@H](NC(=O)/C(=C/c1ccccc1)CC(=O)NOCc1ccccc1)C(=O)N[C@@H](CC(C)C)C(=O)OCc1ccccc1. The molecule has 0 saturated heterocycles. The zero-order valence-corrected chi connectivity index (χ0v) is 27.0. The molecule has 244 valence electrons. The van der Waals surface area contributed by atoms with E-state index in [1.165, 1.54) is 0 Å². The van der Waals surface area contributed by atoms with Crippen LogP contribution in [0.4, 0.5) is 0 Å². The van der Waals surface area contributed by atoms with Crippen LogP contribution in [0, 0.1) is 11.8 Å². The first-order valence-electron chi connectivity index (χ1n) is 15.7. The first-order valence-corrected chi connectivity index (χ1v) is 15.7. The summed E-state index contributed by atoms with van der Waals surface area (Å²) in [5.41, 5.74) is 4.98. The maximum absolute atomic E-state index is 13.7. The van der Waals surface area contributed by atoms with Crippen LogP contribution in [0.25, 0.3) is 6.08 Å². The first-order chi connectivity index (χ1) is 22.2. The average molecular weight is 628 g/mol. The summed E-state index contributed by atoms with van der Waals surface area (Å²) in [6.07, 6.45) is 2.27. The van der Waals surface area contributed by atoms with Crippen LogP contribution in [-0.4, -0.2) is 35.8 Å². The van der Waals surface area contributed by atoms with Crippen LogP contribution < -0.4 is 16.1 Å². The molecule has 9 heteroatoms. The number of carbonyl (C=O) groups is 4. The van der Waals surface area contributed by atoms with Crippen molar-refractivity contribution in [3.05, 3.63) is 113 Å². The van der Waals surface area contributed by atoms with Crippen molar-refractivity contribution < 1.29 is 28.8 Å². The Labute approximate surface area is 271 Å². The number of hydrogen-bond acceptors (Lipinski definition) is 6. The van der Waals surface area contributed by atoms with Crippen molar-refractivity contribution in [3.63, 3.8) is 0 Å². The molecule has 46 heavy (non-hydrogen) atoms. The summed E-state index contributed by atoms with van der Waals surface area (Å²) >= 11 is 0. The third-order valence-corrected chi connectivity index (χ3v) is 7.36. The van der Waals surface area contributed by atoms with Gasteiger partial charge in [0.25, 0.3) is 0 Å². The van der Waals surface area contributed by atoms with Crippen LogP contribution in [0.3, 0.4) is 0 Å². The molecule has 3 atom stereocenters. The molecule has 0 aliphatic heterocycles. The zero-order valence-electron chi connectivity index (χ0n) is 27.0. The topological polar surface area (TPSA) is 123 Å². The van der Waals surface area contributed by atoms with E-state index in [4.69, 9.17) is 9.57 Å². The van der Waals surface area contributed by atoms with Gasteiger partial charge < -0.3 is 15.4 Å². The molecule has 0 aliphatic carbocycles. The van der Waals surface area contributed by atoms with E-state index in [-0.39, 0.29) is 37.0 Å². The van der Waals surface area contributed by atoms with E-state index in [1.807, 2.05) is 119 Å². The van der Waals surface area contributed by atoms with Crippen molar-refractivity contribution in [2.24, 2.45) is 11.8 Å². The van der Waals surface area contributed by atoms with Crippen LogP contribution in [-0.2, 0) is 42.0 Å². The highest BCUT2D eigenvalue weighted by Crippen LogP contribution is 2.16. The standard InChI is InChI=1S/C37H45N3O6/c1-5-27(4)34(36(43)38-32(21-26(2)3)37(44)45-24-29-17-11-7-12-18-29)39-35(42)31(22-28-15-9-6-10-16-28)23-33(41)40-46-25-30-19-13-8-14-20-30/h6-20,22,26-27,32,34H,5,21,23-25H2,1-4H3,(H,38,43)(H,39,42)(H,40,41)/b31-22+/t27-,32-,34-/m0/s1. The van der Waals surface area contributed by atoms with Crippen molar-refractivity contribution in [1.82, 2.24) is 16.1 Å². The molecule has 0 unspecified atom stereocenters. The Kier molecular flexibility index (Phi) is 14.7. The van der Waals surface area contributed by atoms with Gasteiger partial charge in [0, 0.05) is 5.57 Å². The van der Waals surface area contributed by atoms with Gasteiger partial charge in [-0.25, -0.2) is 10.3 Å². The molecule has 0 spiro atoms. The minimum atomic E-state index is -0.967. The van der Waals surface area contributed by atoms with E-state index in [0.717, 1.165) is 11.1 Å². The summed E-state index contributed by atoms with van der Waals surface area (Å²) in [5.74, 6) is -2.32. The maximum atomic E-state index is 13.7. The molecule has 3 aromatic rings. The Morgan fingerprint density at radius 3 is 1.89 bits per heavy atom. The Bertz CT molecular complexity index is 1430. The number of carbonyl (C=O) groups excluding carboxylic acids is 4. The number of benzene rings is 3. The lowest BCUT2D eigenvalue weighted by Crippen LogP contribution is -2.54. The highest BCUT2D eigenvalue weighted by molar-refractivity contribution is 6.04. The van der Waals surface area contributed by atoms with E-state index in [9.17, 15) is 19.2 Å². The molecule has 0 radical (unpaired) electrons. The van der Waals surface area contributed by atoms with E-state index < -0.39 is 35.8 Å². The van der Waals surface area contributed by atoms with Crippen LogP contribution in [0.1, 0.15) is 63.6 Å². The van der Waals surface area contributed by atoms with Crippen molar-refractivity contribution in [2.75, 3.05) is 0 Å². The predicted octanol–water partition coefficient (Wildman–Crippen LogP) is 5.51. The quantitative estimate of drug-likeness (QED) is 0.103. The van der Waals surface area contributed by atoms with E-state index in [2.05, 4.69) is 16.1 Å². The average Bonchev–Trinajstić information content (AvgIpc) is 3.06. The molecular weight excluding hydrogens is 582 g/mol. The number of hydrogen-bond donors (Lipinski definition) is 3. The van der Waals surface area contributed by atoms with Crippen LogP contribution in [0.2, 0.25) is 0 Å². The molecule has 3 rings (SSSR count). The molecule has 0 heterocycles. The smallest absolute Gasteiger partial charge is 0.328 e. The van der Waals surface area contributed by atoms with Gasteiger partial charge in [0.2, 0.25) is 17.7 Å². The van der Waals surface area contributed by atoms with Gasteiger partial charge in [-0.15, -0.1) is 0 Å². The zero-order chi connectivity index (χ0) is 33.3. The number of ether oxygens (including phenoxy) is 1. The Morgan fingerprint density at radius 1 is 0.761 bits per heavy atom. The molecule has 0 saturated carbocycles. The van der Waals surface area contributed by atoms with E-state index >= 15 is 0 Å². The molecule has 9 nitrogen and oxygen atoms in total. The van der Waals surface area contributed by atoms with E-state index in [1.54, 1.807) is 6.08 Å². The van der Waals surface area contributed by atoms with Crippen molar-refractivity contribution >= 4 is 29.8 Å². The van der Waals surface area contributed by atoms with E-state index in [0.29, 0.717) is 18.4 Å². The van der Waals surface area contributed by atoms with Gasteiger partial charge >= 0.3 is 5.97 Å². The molecule has 0 aliphatic rings. The minimum absolute atomic E-state index is 0.0838. The number of amides is 3. The normalized spacial score (nSPS) is 13.3. The Morgan fingerprint density at radius 2 is 1.33 bits per heavy atom. The second kappa shape index (κ2) is 18.9. The van der Waals surface area contributed by atoms with Crippen molar-refractivity contribution in [2.45, 2.75) is 72.3 Å². The van der Waals surface area contributed by atoms with Crippen LogP contribution in [0.15, 0.2) is 96.6 Å². The largest absolute Gasteiger partial charge is 0.459 e. The van der Waals surface area contributed by atoms with Crippen molar-refractivity contribution in [3.8, 4) is 0 Å². The second-order valence-electron chi connectivity index (χ2n) is 11.7. The van der Waals surface area contributed by atoms with Gasteiger partial charge in [-0.3, -0.25) is 19.2 Å². The highest BCUT2D eigenvalue weighted by atomic mass is 16.6. The van der Waals surface area contributed by atoms with Gasteiger partial charge in [0.1, 0.15) is 18.7 Å². The first kappa shape index (κ1) is 35.7. The molecule has 0 aromatic heterocycles. The molecular formula is C37H45N3O6. The van der Waals surface area contributed by atoms with Gasteiger partial charge in [-0.2, -0.15) is 0 Å². The lowest BCUT2D eigenvalue weighted by atomic mass is 9.96. The third-order valence-electron chi connectivity index (χ3n) is 7.36. The monoisotopic (exact) mass is 627 g/mol. The molecule has 3 N–H and O–H groups in total. The van der Waals surface area contributed by atoms with Crippen LogP contribution >= 0.6 is 0 Å². The fourth-order valence-electron chi connectivity index (χ4n) is 4.64. The minimum Gasteiger partial charge on any atom is -0.459 e. The molecule has 3 amide bonds. The number of hydroxylamine groups is 1. The number of esters is 1. The van der Waals surface area contributed by atoms with Gasteiger partial charge in [0.15, 0.2) is 0 Å². The second-order valence-corrected chi connectivity index (χ2v) is 11.7. The summed E-state index contributed by atoms with van der Waals surface area (Å²) < 4.78 is 5.54. The predicted molar refractivity (Wildman–Crippen MR) is 177 cm³/mol. The maximum Gasteiger partial charge on any atom is 0.328 e. The number of nitrogens with one attached hydrogen (secondary N) is 3. The highest BCUT2D eigenvalue weighted by Gasteiger charge is 2.32. The summed E-state index contributed by atoms with van der Waals surface area (Å²) in [7, 11) is 0. The van der Waals surface area contributed by atoms with Crippen LogP contribution in [0.5, 0.6) is 0 Å². The van der Waals surface area contributed by atoms with Gasteiger partial charge in [-0.1, -0.05) is 125 Å². The summed E-state index contributed by atoms with van der Waals surface area (Å²) in [6.45, 7) is 7.91. The Balaban J connectivity index is 1.73. The fourth-order valence-corrected chi connectivity index (χ4v) is 4.64. The summed E-state index contributed by atoms with van der Waals surface area (Å²) in [4.78, 5) is 58.7. The van der Waals surface area contributed by atoms with Crippen molar-refractivity contribution in [1.29, 1.82) is 0 Å². The molecule has 0 fully saturated rings. The van der Waals surface area contributed by atoms with Gasteiger partial charge in [0.05, 0.1) is 13.0 Å². The molecule has 3 aromatic carbocycles. The lowest BCUT2D eigenvalue weighted by molar-refractivity contribution is -0.150. The third kappa shape index (κ3) is 12.3. The Hall–Kier alpha value is -4.76. The molecule has 0 bridgehead atoms. The summed E-state index contributed by atoms with van der Waals surface area (Å²) in [6, 6.07) is 25.9. The lowest BCUT2D eigenvalue weighted by Gasteiger charge is -2.27.